The molecule has 0 aliphatic carbocycles. The lowest BCUT2D eigenvalue weighted by atomic mass is 10.0. The van der Waals surface area contributed by atoms with E-state index in [-0.39, 0.29) is 11.8 Å². The Bertz CT molecular complexity index is 1600. The first kappa shape index (κ1) is 22.8. The third-order valence-electron chi connectivity index (χ3n) is 6.41. The van der Waals surface area contributed by atoms with Gasteiger partial charge < -0.3 is 10.6 Å². The van der Waals surface area contributed by atoms with Crippen molar-refractivity contribution in [2.75, 3.05) is 10.6 Å². The first-order valence-electron chi connectivity index (χ1n) is 11.2. The molecule has 0 saturated carbocycles. The maximum atomic E-state index is 12.8. The number of halogens is 2. The fraction of sp³-hybridized carbons (Fsp3) is 0.0714. The highest BCUT2D eigenvalue weighted by Crippen LogP contribution is 2.39. The largest absolute Gasteiger partial charge is 0.320 e. The number of fused-ring (bicyclic) bond motifs is 3. The Morgan fingerprint density at radius 1 is 0.611 bits per heavy atom. The molecule has 0 radical (unpaired) electrons. The van der Waals surface area contributed by atoms with Gasteiger partial charge in [0.2, 0.25) is 0 Å². The van der Waals surface area contributed by atoms with Gasteiger partial charge in [-0.25, -0.2) is 9.98 Å². The Morgan fingerprint density at radius 2 is 1.03 bits per heavy atom. The molecule has 176 valence electrons. The quantitative estimate of drug-likeness (QED) is 0.256. The Kier molecular flexibility index (Phi) is 5.39. The molecule has 2 aliphatic rings. The van der Waals surface area contributed by atoms with Gasteiger partial charge in [0.25, 0.3) is 11.8 Å². The van der Waals surface area contributed by atoms with Crippen LogP contribution in [0, 0.1) is 13.8 Å². The SMILES string of the molecule is Cc1ccc2c(c1Br)C(=Nc1cccc3c(N=C4C(=O)Nc5ccc(C)c(Br)c54)cccc13)C(=O)N2. The standard InChI is InChI=1S/C28H18Br2N4O2/c1-13-9-11-19-21(23(13)29)25(27(35)33-19)31-17-7-3-6-16-15(17)5-4-8-18(16)32-26-22-20(34-28(26)36)12-10-14(2)24(22)30/h3-12H,1-2H3,(H,31,33,35)(H,32,34,36). The van der Waals surface area contributed by atoms with Gasteiger partial charge in [0.15, 0.2) is 0 Å². The summed E-state index contributed by atoms with van der Waals surface area (Å²) in [5.41, 5.74) is 7.02. The predicted octanol–water partition coefficient (Wildman–Crippen LogP) is 7.13. The molecule has 0 fully saturated rings. The molecule has 0 unspecified atom stereocenters. The lowest BCUT2D eigenvalue weighted by Crippen LogP contribution is -2.14. The molecule has 2 aliphatic heterocycles. The van der Waals surface area contributed by atoms with E-state index in [1.807, 2.05) is 74.5 Å². The van der Waals surface area contributed by atoms with Crippen LogP contribution in [0.2, 0.25) is 0 Å². The van der Waals surface area contributed by atoms with E-state index in [0.29, 0.717) is 22.8 Å². The van der Waals surface area contributed by atoms with Gasteiger partial charge in [0.1, 0.15) is 11.4 Å². The van der Waals surface area contributed by atoms with Gasteiger partial charge >= 0.3 is 0 Å². The Morgan fingerprint density at radius 3 is 1.44 bits per heavy atom. The third kappa shape index (κ3) is 3.51. The van der Waals surface area contributed by atoms with Gasteiger partial charge in [0.05, 0.1) is 22.7 Å². The minimum absolute atomic E-state index is 0.246. The number of amides is 2. The summed E-state index contributed by atoms with van der Waals surface area (Å²) in [6.45, 7) is 3.95. The molecular weight excluding hydrogens is 584 g/mol. The summed E-state index contributed by atoms with van der Waals surface area (Å²) in [6.07, 6.45) is 0. The van der Waals surface area contributed by atoms with Crippen LogP contribution in [0.1, 0.15) is 22.3 Å². The molecule has 6 rings (SSSR count). The Hall–Kier alpha value is -3.62. The van der Waals surface area contributed by atoms with Gasteiger partial charge in [-0.1, -0.05) is 36.4 Å². The van der Waals surface area contributed by atoms with E-state index in [0.717, 1.165) is 53.3 Å². The molecule has 0 saturated heterocycles. The van der Waals surface area contributed by atoms with E-state index in [1.54, 1.807) is 0 Å². The van der Waals surface area contributed by atoms with Crippen molar-refractivity contribution in [3.05, 3.63) is 91.9 Å². The number of rotatable bonds is 2. The van der Waals surface area contributed by atoms with Crippen molar-refractivity contribution in [3.63, 3.8) is 0 Å². The molecule has 0 atom stereocenters. The van der Waals surface area contributed by atoms with E-state index in [4.69, 9.17) is 9.98 Å². The summed E-state index contributed by atoms with van der Waals surface area (Å²) in [7, 11) is 0. The van der Waals surface area contributed by atoms with Crippen LogP contribution < -0.4 is 10.6 Å². The maximum Gasteiger partial charge on any atom is 0.275 e. The molecule has 4 aromatic rings. The van der Waals surface area contributed by atoms with E-state index in [9.17, 15) is 9.59 Å². The number of hydrogen-bond donors (Lipinski definition) is 2. The molecule has 2 heterocycles. The van der Waals surface area contributed by atoms with Gasteiger partial charge in [-0.15, -0.1) is 0 Å². The lowest BCUT2D eigenvalue weighted by Gasteiger charge is -2.08. The topological polar surface area (TPSA) is 82.9 Å². The van der Waals surface area contributed by atoms with E-state index in [1.165, 1.54) is 0 Å². The fourth-order valence-electron chi connectivity index (χ4n) is 4.55. The molecule has 6 nitrogen and oxygen atoms in total. The van der Waals surface area contributed by atoms with E-state index < -0.39 is 0 Å². The molecule has 0 aromatic heterocycles. The second-order valence-electron chi connectivity index (χ2n) is 8.72. The normalized spacial score (nSPS) is 16.4. The molecule has 2 N–H and O–H groups in total. The van der Waals surface area contributed by atoms with Crippen LogP contribution in [0.15, 0.2) is 79.6 Å². The summed E-state index contributed by atoms with van der Waals surface area (Å²) < 4.78 is 1.69. The minimum atomic E-state index is -0.246. The molecule has 4 aromatic carbocycles. The third-order valence-corrected chi connectivity index (χ3v) is 8.45. The zero-order valence-corrected chi connectivity index (χ0v) is 22.4. The van der Waals surface area contributed by atoms with Gasteiger partial charge in [0, 0.05) is 30.8 Å². The van der Waals surface area contributed by atoms with Crippen molar-refractivity contribution >= 4 is 88.6 Å². The first-order chi connectivity index (χ1) is 17.3. The van der Waals surface area contributed by atoms with E-state index >= 15 is 0 Å². The highest BCUT2D eigenvalue weighted by atomic mass is 79.9. The molecule has 8 heteroatoms. The monoisotopic (exact) mass is 600 g/mol. The van der Waals surface area contributed by atoms with Crippen molar-refractivity contribution in [2.45, 2.75) is 13.8 Å². The highest BCUT2D eigenvalue weighted by Gasteiger charge is 2.30. The number of aliphatic imine (C=N–C) groups is 2. The lowest BCUT2D eigenvalue weighted by molar-refractivity contribution is -0.110. The molecular formula is C28H18Br2N4O2. The minimum Gasteiger partial charge on any atom is -0.320 e. The summed E-state index contributed by atoms with van der Waals surface area (Å²) in [5.74, 6) is -0.492. The average Bonchev–Trinajstić information content (AvgIpc) is 3.36. The molecule has 2 amide bonds. The number of carbonyl (C=O) groups excluding carboxylic acids is 2. The van der Waals surface area contributed by atoms with Crippen LogP contribution in [-0.2, 0) is 9.59 Å². The second-order valence-corrected chi connectivity index (χ2v) is 10.3. The first-order valence-corrected chi connectivity index (χ1v) is 12.8. The molecule has 0 spiro atoms. The van der Waals surface area contributed by atoms with Crippen molar-refractivity contribution in [1.82, 2.24) is 0 Å². The Balaban J connectivity index is 1.52. The van der Waals surface area contributed by atoms with Gasteiger partial charge in [-0.05, 0) is 81.1 Å². The Labute approximate surface area is 223 Å². The molecule has 36 heavy (non-hydrogen) atoms. The predicted molar refractivity (Wildman–Crippen MR) is 151 cm³/mol. The van der Waals surface area contributed by atoms with E-state index in [2.05, 4.69) is 42.5 Å². The maximum absolute atomic E-state index is 12.8. The van der Waals surface area contributed by atoms with Crippen LogP contribution in [0.25, 0.3) is 10.8 Å². The van der Waals surface area contributed by atoms with Crippen LogP contribution in [-0.4, -0.2) is 23.2 Å². The number of hydrogen-bond acceptors (Lipinski definition) is 4. The zero-order valence-electron chi connectivity index (χ0n) is 19.2. The number of carbonyl (C=O) groups is 2. The zero-order chi connectivity index (χ0) is 25.1. The number of nitrogens with zero attached hydrogens (tertiary/aromatic N) is 2. The van der Waals surface area contributed by atoms with Crippen LogP contribution in [0.4, 0.5) is 22.7 Å². The van der Waals surface area contributed by atoms with Crippen molar-refractivity contribution in [3.8, 4) is 0 Å². The fourth-order valence-corrected chi connectivity index (χ4v) is 5.62. The smallest absolute Gasteiger partial charge is 0.275 e. The van der Waals surface area contributed by atoms with Crippen molar-refractivity contribution < 1.29 is 9.59 Å². The number of anilines is 2. The highest BCUT2D eigenvalue weighted by molar-refractivity contribution is 9.11. The summed E-state index contributed by atoms with van der Waals surface area (Å²) in [5, 5.41) is 7.46. The summed E-state index contributed by atoms with van der Waals surface area (Å²) in [6, 6.07) is 19.1. The van der Waals surface area contributed by atoms with Crippen LogP contribution in [0.5, 0.6) is 0 Å². The summed E-state index contributed by atoms with van der Waals surface area (Å²) >= 11 is 7.24. The second kappa shape index (κ2) is 8.50. The van der Waals surface area contributed by atoms with Crippen LogP contribution >= 0.6 is 31.9 Å². The molecule has 0 bridgehead atoms. The van der Waals surface area contributed by atoms with Crippen molar-refractivity contribution in [1.29, 1.82) is 0 Å². The number of nitrogens with one attached hydrogen (secondary N) is 2. The van der Waals surface area contributed by atoms with Gasteiger partial charge in [-0.3, -0.25) is 9.59 Å². The van der Waals surface area contributed by atoms with Gasteiger partial charge in [-0.2, -0.15) is 0 Å². The average molecular weight is 602 g/mol. The van der Waals surface area contributed by atoms with Crippen molar-refractivity contribution in [2.24, 2.45) is 9.98 Å². The summed E-state index contributed by atoms with van der Waals surface area (Å²) in [4.78, 5) is 35.2. The van der Waals surface area contributed by atoms with Crippen LogP contribution in [0.3, 0.4) is 0 Å². The number of aryl methyl sites for hydroxylation is 2. The number of benzene rings is 4.